The molecule has 1 aromatic rings. The predicted molar refractivity (Wildman–Crippen MR) is 63.0 cm³/mol. The summed E-state index contributed by atoms with van der Waals surface area (Å²) in [4.78, 5) is 14.0. The molecule has 2 rings (SSSR count). The molecule has 5 nitrogen and oxygen atoms in total. The van der Waals surface area contributed by atoms with Gasteiger partial charge in [-0.05, 0) is 25.0 Å². The molecule has 1 aromatic heterocycles. The Hall–Kier alpha value is -1.20. The van der Waals surface area contributed by atoms with E-state index >= 15 is 0 Å². The van der Waals surface area contributed by atoms with E-state index in [0.29, 0.717) is 24.9 Å². The zero-order valence-corrected chi connectivity index (χ0v) is 10.4. The Balaban J connectivity index is 2.07. The summed E-state index contributed by atoms with van der Waals surface area (Å²) in [7, 11) is 1.62. The quantitative estimate of drug-likeness (QED) is 0.798. The monoisotopic (exact) mass is 255 g/mol. The van der Waals surface area contributed by atoms with Crippen molar-refractivity contribution in [1.82, 2.24) is 15.1 Å². The lowest BCUT2D eigenvalue weighted by atomic mass is 10.3. The van der Waals surface area contributed by atoms with Crippen LogP contribution in [0.25, 0.3) is 0 Å². The Bertz CT molecular complexity index is 392. The smallest absolute Gasteiger partial charge is 0.274 e. The van der Waals surface area contributed by atoms with Crippen molar-refractivity contribution in [3.8, 4) is 0 Å². The number of methoxy groups -OCH3 is 1. The van der Waals surface area contributed by atoms with Crippen molar-refractivity contribution in [3.05, 3.63) is 23.0 Å². The third-order valence-corrected chi connectivity index (χ3v) is 2.84. The highest BCUT2D eigenvalue weighted by atomic mass is 35.5. The highest BCUT2D eigenvalue weighted by Gasteiger charge is 2.33. The average molecular weight is 256 g/mol. The molecule has 1 fully saturated rings. The van der Waals surface area contributed by atoms with E-state index in [1.165, 1.54) is 0 Å². The van der Waals surface area contributed by atoms with Crippen LogP contribution in [0, 0.1) is 0 Å². The molecular formula is C11H14ClN3O2. The molecule has 1 heterocycles. The summed E-state index contributed by atoms with van der Waals surface area (Å²) in [5.74, 6) is -0.103. The van der Waals surface area contributed by atoms with Crippen molar-refractivity contribution in [1.29, 1.82) is 0 Å². The molecule has 0 atom stereocenters. The second-order valence-corrected chi connectivity index (χ2v) is 4.35. The van der Waals surface area contributed by atoms with Gasteiger partial charge in [0, 0.05) is 19.7 Å². The summed E-state index contributed by atoms with van der Waals surface area (Å²) < 4.78 is 5.00. The number of aromatic nitrogens is 2. The first-order chi connectivity index (χ1) is 8.22. The Morgan fingerprint density at radius 2 is 2.29 bits per heavy atom. The van der Waals surface area contributed by atoms with E-state index in [1.807, 2.05) is 0 Å². The summed E-state index contributed by atoms with van der Waals surface area (Å²) in [6, 6.07) is 3.50. The third-order valence-electron chi connectivity index (χ3n) is 2.64. The van der Waals surface area contributed by atoms with E-state index < -0.39 is 0 Å². The number of amides is 1. The van der Waals surface area contributed by atoms with E-state index in [9.17, 15) is 4.79 Å². The highest BCUT2D eigenvalue weighted by Crippen LogP contribution is 2.27. The van der Waals surface area contributed by atoms with Crippen molar-refractivity contribution in [2.45, 2.75) is 18.9 Å². The third kappa shape index (κ3) is 3.14. The first kappa shape index (κ1) is 12.3. The second-order valence-electron chi connectivity index (χ2n) is 3.96. The minimum atomic E-state index is -0.103. The van der Waals surface area contributed by atoms with Crippen LogP contribution in [0.5, 0.6) is 0 Å². The molecule has 0 bridgehead atoms. The SMILES string of the molecule is COCCN(C(=O)c1ccc(Cl)nn1)C1CC1. The van der Waals surface area contributed by atoms with Crippen LogP contribution >= 0.6 is 11.6 Å². The molecule has 0 radical (unpaired) electrons. The van der Waals surface area contributed by atoms with Crippen LogP contribution in [-0.2, 0) is 4.74 Å². The van der Waals surface area contributed by atoms with Crippen LogP contribution in [0.15, 0.2) is 12.1 Å². The van der Waals surface area contributed by atoms with Gasteiger partial charge < -0.3 is 9.64 Å². The fourth-order valence-electron chi connectivity index (χ4n) is 1.60. The lowest BCUT2D eigenvalue weighted by Crippen LogP contribution is -2.36. The van der Waals surface area contributed by atoms with Gasteiger partial charge in [0.25, 0.3) is 5.91 Å². The molecule has 0 N–H and O–H groups in total. The van der Waals surface area contributed by atoms with Gasteiger partial charge in [0.15, 0.2) is 10.8 Å². The fourth-order valence-corrected chi connectivity index (χ4v) is 1.70. The maximum Gasteiger partial charge on any atom is 0.274 e. The zero-order valence-electron chi connectivity index (χ0n) is 9.60. The van der Waals surface area contributed by atoms with Crippen molar-refractivity contribution in [2.24, 2.45) is 0 Å². The molecule has 6 heteroatoms. The van der Waals surface area contributed by atoms with E-state index in [2.05, 4.69) is 10.2 Å². The predicted octanol–water partition coefficient (Wildman–Crippen LogP) is 1.38. The van der Waals surface area contributed by atoms with Gasteiger partial charge in [-0.3, -0.25) is 4.79 Å². The van der Waals surface area contributed by atoms with Gasteiger partial charge in [0.1, 0.15) is 0 Å². The van der Waals surface area contributed by atoms with E-state index in [-0.39, 0.29) is 11.1 Å². The lowest BCUT2D eigenvalue weighted by molar-refractivity contribution is 0.0673. The molecule has 0 aromatic carbocycles. The number of halogens is 1. The molecule has 0 spiro atoms. The van der Waals surface area contributed by atoms with E-state index in [4.69, 9.17) is 16.3 Å². The lowest BCUT2D eigenvalue weighted by Gasteiger charge is -2.21. The Labute approximate surface area is 105 Å². The summed E-state index contributed by atoms with van der Waals surface area (Å²) in [6.07, 6.45) is 2.10. The minimum Gasteiger partial charge on any atom is -0.383 e. The van der Waals surface area contributed by atoms with Gasteiger partial charge in [-0.1, -0.05) is 11.6 Å². The average Bonchev–Trinajstić information content (AvgIpc) is 3.14. The number of hydrogen-bond acceptors (Lipinski definition) is 4. The highest BCUT2D eigenvalue weighted by molar-refractivity contribution is 6.29. The first-order valence-electron chi connectivity index (χ1n) is 5.51. The molecule has 1 saturated carbocycles. The van der Waals surface area contributed by atoms with Gasteiger partial charge in [-0.2, -0.15) is 0 Å². The van der Waals surface area contributed by atoms with Gasteiger partial charge in [-0.15, -0.1) is 10.2 Å². The molecule has 17 heavy (non-hydrogen) atoms. The number of ether oxygens (including phenoxy) is 1. The number of hydrogen-bond donors (Lipinski definition) is 0. The standard InChI is InChI=1S/C11H14ClN3O2/c1-17-7-6-15(8-2-3-8)11(16)9-4-5-10(12)14-13-9/h4-5,8H,2-3,6-7H2,1H3. The number of carbonyl (C=O) groups excluding carboxylic acids is 1. The number of carbonyl (C=O) groups is 1. The Morgan fingerprint density at radius 3 is 2.82 bits per heavy atom. The van der Waals surface area contributed by atoms with Gasteiger partial charge in [0.2, 0.25) is 0 Å². The molecule has 92 valence electrons. The maximum absolute atomic E-state index is 12.2. The Kier molecular flexibility index (Phi) is 3.91. The molecule has 0 unspecified atom stereocenters. The van der Waals surface area contributed by atoms with Crippen molar-refractivity contribution in [2.75, 3.05) is 20.3 Å². The van der Waals surface area contributed by atoms with Gasteiger partial charge in [-0.25, -0.2) is 0 Å². The molecule has 1 amide bonds. The normalized spacial score (nSPS) is 14.7. The van der Waals surface area contributed by atoms with Crippen molar-refractivity contribution >= 4 is 17.5 Å². The van der Waals surface area contributed by atoms with Crippen LogP contribution in [0.3, 0.4) is 0 Å². The van der Waals surface area contributed by atoms with E-state index in [1.54, 1.807) is 24.1 Å². The summed E-state index contributed by atoms with van der Waals surface area (Å²) in [6.45, 7) is 1.12. The fraction of sp³-hybridized carbons (Fsp3) is 0.545. The Morgan fingerprint density at radius 1 is 1.53 bits per heavy atom. The summed E-state index contributed by atoms with van der Waals surface area (Å²) >= 11 is 5.64. The van der Waals surface area contributed by atoms with Gasteiger partial charge in [0.05, 0.1) is 6.61 Å². The first-order valence-corrected chi connectivity index (χ1v) is 5.89. The molecular weight excluding hydrogens is 242 g/mol. The van der Waals surface area contributed by atoms with E-state index in [0.717, 1.165) is 12.8 Å². The molecule has 1 aliphatic carbocycles. The van der Waals surface area contributed by atoms with Gasteiger partial charge >= 0.3 is 0 Å². The summed E-state index contributed by atoms with van der Waals surface area (Å²) in [5.41, 5.74) is 0.331. The molecule has 0 saturated heterocycles. The van der Waals surface area contributed by atoms with Crippen LogP contribution < -0.4 is 0 Å². The van der Waals surface area contributed by atoms with Crippen LogP contribution in [-0.4, -0.2) is 47.3 Å². The van der Waals surface area contributed by atoms with Crippen LogP contribution in [0.1, 0.15) is 23.3 Å². The second kappa shape index (κ2) is 5.42. The molecule has 0 aliphatic heterocycles. The molecule has 1 aliphatic rings. The topological polar surface area (TPSA) is 55.3 Å². The number of nitrogens with zero attached hydrogens (tertiary/aromatic N) is 3. The number of rotatable bonds is 5. The van der Waals surface area contributed by atoms with Crippen LogP contribution in [0.4, 0.5) is 0 Å². The van der Waals surface area contributed by atoms with Crippen molar-refractivity contribution in [3.63, 3.8) is 0 Å². The van der Waals surface area contributed by atoms with Crippen molar-refractivity contribution < 1.29 is 9.53 Å². The largest absolute Gasteiger partial charge is 0.383 e. The zero-order chi connectivity index (χ0) is 12.3. The summed E-state index contributed by atoms with van der Waals surface area (Å²) in [5, 5.41) is 7.77. The minimum absolute atomic E-state index is 0.103. The maximum atomic E-state index is 12.2. The van der Waals surface area contributed by atoms with Crippen LogP contribution in [0.2, 0.25) is 5.15 Å².